The van der Waals surface area contributed by atoms with Gasteiger partial charge < -0.3 is 0 Å². The van der Waals surface area contributed by atoms with E-state index in [0.717, 1.165) is 0 Å². The van der Waals surface area contributed by atoms with Crippen molar-refractivity contribution in [3.8, 4) is 0 Å². The standard InChI is InChI=1S/C10H14N/c1-9(2)11(3)10-7-5-4-6-8-10/h4-9H,3H2,1-2H3/q+1. The Morgan fingerprint density at radius 1 is 1.18 bits per heavy atom. The zero-order valence-electron chi connectivity index (χ0n) is 7.12. The lowest BCUT2D eigenvalue weighted by Gasteiger charge is -2.02. The third-order valence-corrected chi connectivity index (χ3v) is 1.71. The van der Waals surface area contributed by atoms with E-state index >= 15 is 0 Å². The van der Waals surface area contributed by atoms with Crippen LogP contribution in [0.5, 0.6) is 0 Å². The molecule has 11 heavy (non-hydrogen) atoms. The number of hydrogen-bond acceptors (Lipinski definition) is 0. The Morgan fingerprint density at radius 3 is 2.18 bits per heavy atom. The molecule has 0 atom stereocenters. The molecule has 1 nitrogen and oxygen atoms in total. The van der Waals surface area contributed by atoms with E-state index in [0.29, 0.717) is 6.04 Å². The first-order valence-electron chi connectivity index (χ1n) is 3.86. The molecule has 0 aliphatic heterocycles. The van der Waals surface area contributed by atoms with Crippen LogP contribution >= 0.6 is 0 Å². The molecule has 0 aliphatic carbocycles. The summed E-state index contributed by atoms with van der Waals surface area (Å²) in [7, 11) is 0. The molecule has 1 rings (SSSR count). The molecule has 0 bridgehead atoms. The van der Waals surface area contributed by atoms with Crippen molar-refractivity contribution < 1.29 is 4.58 Å². The molecule has 1 aromatic carbocycles. The summed E-state index contributed by atoms with van der Waals surface area (Å²) in [4.78, 5) is 0. The fraction of sp³-hybridized carbons (Fsp3) is 0.300. The van der Waals surface area contributed by atoms with Gasteiger partial charge in [0.1, 0.15) is 6.72 Å². The zero-order chi connectivity index (χ0) is 8.27. The smallest absolute Gasteiger partial charge is 0.203 e. The minimum absolute atomic E-state index is 0.456. The molecule has 0 N–H and O–H groups in total. The number of nitrogens with zero attached hydrogens (tertiary/aromatic N) is 1. The summed E-state index contributed by atoms with van der Waals surface area (Å²) >= 11 is 0. The molecule has 0 aromatic heterocycles. The zero-order valence-corrected chi connectivity index (χ0v) is 7.12. The molecule has 0 radical (unpaired) electrons. The predicted molar refractivity (Wildman–Crippen MR) is 48.6 cm³/mol. The molecule has 1 heteroatoms. The topological polar surface area (TPSA) is 3.01 Å². The van der Waals surface area contributed by atoms with Crippen LogP contribution in [0.25, 0.3) is 0 Å². The average molecular weight is 148 g/mol. The van der Waals surface area contributed by atoms with Gasteiger partial charge in [-0.2, -0.15) is 0 Å². The van der Waals surface area contributed by atoms with Crippen LogP contribution in [0.15, 0.2) is 30.3 Å². The van der Waals surface area contributed by atoms with E-state index in [2.05, 4.69) is 32.7 Å². The van der Waals surface area contributed by atoms with Gasteiger partial charge in [-0.1, -0.05) is 18.2 Å². The van der Waals surface area contributed by atoms with Crippen molar-refractivity contribution in [3.05, 3.63) is 30.3 Å². The molecule has 58 valence electrons. The maximum atomic E-state index is 3.94. The molecule has 1 aromatic rings. The van der Waals surface area contributed by atoms with E-state index in [1.807, 2.05) is 22.8 Å². The number of hydrogen-bond donors (Lipinski definition) is 0. The molecule has 0 fully saturated rings. The van der Waals surface area contributed by atoms with Gasteiger partial charge in [-0.3, -0.25) is 0 Å². The van der Waals surface area contributed by atoms with Gasteiger partial charge in [-0.25, -0.2) is 4.58 Å². The first-order chi connectivity index (χ1) is 5.22. The van der Waals surface area contributed by atoms with Crippen molar-refractivity contribution in [2.24, 2.45) is 0 Å². The van der Waals surface area contributed by atoms with Crippen LogP contribution in [0.1, 0.15) is 13.8 Å². The Morgan fingerprint density at radius 2 is 1.73 bits per heavy atom. The summed E-state index contributed by atoms with van der Waals surface area (Å²) < 4.78 is 2.00. The van der Waals surface area contributed by atoms with Crippen LogP contribution in [0.2, 0.25) is 0 Å². The van der Waals surface area contributed by atoms with Gasteiger partial charge in [-0.15, -0.1) is 0 Å². The Balaban J connectivity index is 2.86. The molecule has 0 saturated carbocycles. The SMILES string of the molecule is C=[N+](c1ccccc1)C(C)C. The van der Waals surface area contributed by atoms with Crippen LogP contribution in [0.3, 0.4) is 0 Å². The Kier molecular flexibility index (Phi) is 2.42. The van der Waals surface area contributed by atoms with E-state index in [-0.39, 0.29) is 0 Å². The molecular formula is C10H14N+. The minimum Gasteiger partial charge on any atom is -0.203 e. The van der Waals surface area contributed by atoms with Crippen molar-refractivity contribution in [1.29, 1.82) is 0 Å². The summed E-state index contributed by atoms with van der Waals surface area (Å²) in [5.74, 6) is 0. The maximum absolute atomic E-state index is 3.94. The second kappa shape index (κ2) is 3.33. The van der Waals surface area contributed by atoms with Crippen molar-refractivity contribution in [3.63, 3.8) is 0 Å². The first-order valence-corrected chi connectivity index (χ1v) is 3.86. The molecule has 0 heterocycles. The van der Waals surface area contributed by atoms with Gasteiger partial charge >= 0.3 is 0 Å². The highest BCUT2D eigenvalue weighted by Crippen LogP contribution is 2.10. The number of benzene rings is 1. The van der Waals surface area contributed by atoms with Gasteiger partial charge in [0.2, 0.25) is 5.69 Å². The van der Waals surface area contributed by atoms with Crippen molar-refractivity contribution in [2.75, 3.05) is 0 Å². The van der Waals surface area contributed by atoms with E-state index in [4.69, 9.17) is 0 Å². The van der Waals surface area contributed by atoms with Crippen LogP contribution in [-0.2, 0) is 0 Å². The fourth-order valence-corrected chi connectivity index (χ4v) is 0.918. The van der Waals surface area contributed by atoms with E-state index in [1.54, 1.807) is 0 Å². The lowest BCUT2D eigenvalue weighted by Crippen LogP contribution is -2.12. The van der Waals surface area contributed by atoms with Crippen LogP contribution < -0.4 is 0 Å². The fourth-order valence-electron chi connectivity index (χ4n) is 0.918. The molecule has 0 amide bonds. The summed E-state index contributed by atoms with van der Waals surface area (Å²) in [6.45, 7) is 8.19. The molecule has 0 unspecified atom stereocenters. The Labute approximate surface area is 68.0 Å². The number of para-hydroxylation sites is 1. The van der Waals surface area contributed by atoms with Gasteiger partial charge in [0, 0.05) is 12.1 Å². The monoisotopic (exact) mass is 148 g/mol. The van der Waals surface area contributed by atoms with Crippen molar-refractivity contribution >= 4 is 12.4 Å². The molecule has 0 aliphatic rings. The van der Waals surface area contributed by atoms with Crippen LogP contribution in [0, 0.1) is 0 Å². The van der Waals surface area contributed by atoms with Crippen LogP contribution in [0.4, 0.5) is 5.69 Å². The lowest BCUT2D eigenvalue weighted by molar-refractivity contribution is -0.466. The highest BCUT2D eigenvalue weighted by atomic mass is 15.0. The third kappa shape index (κ3) is 1.90. The predicted octanol–water partition coefficient (Wildman–Crippen LogP) is 2.44. The number of rotatable bonds is 2. The quantitative estimate of drug-likeness (QED) is 0.447. The largest absolute Gasteiger partial charge is 0.204 e. The minimum atomic E-state index is 0.456. The maximum Gasteiger partial charge on any atom is 0.204 e. The van der Waals surface area contributed by atoms with E-state index < -0.39 is 0 Å². The second-order valence-electron chi connectivity index (χ2n) is 2.90. The van der Waals surface area contributed by atoms with Gasteiger partial charge in [0.15, 0.2) is 6.04 Å². The van der Waals surface area contributed by atoms with Gasteiger partial charge in [0.05, 0.1) is 0 Å². The lowest BCUT2D eigenvalue weighted by atomic mass is 10.3. The first kappa shape index (κ1) is 7.99. The molecule has 0 saturated heterocycles. The summed E-state index contributed by atoms with van der Waals surface area (Å²) in [5, 5.41) is 0. The van der Waals surface area contributed by atoms with Gasteiger partial charge in [0.25, 0.3) is 0 Å². The summed E-state index contributed by atoms with van der Waals surface area (Å²) in [6, 6.07) is 10.6. The molecule has 0 spiro atoms. The molecular weight excluding hydrogens is 134 g/mol. The van der Waals surface area contributed by atoms with Gasteiger partial charge in [-0.05, 0) is 13.8 Å². The highest BCUT2D eigenvalue weighted by Gasteiger charge is 2.07. The highest BCUT2D eigenvalue weighted by molar-refractivity contribution is 5.33. The summed E-state index contributed by atoms with van der Waals surface area (Å²) in [6.07, 6.45) is 0. The van der Waals surface area contributed by atoms with Crippen molar-refractivity contribution in [1.82, 2.24) is 0 Å². The average Bonchev–Trinajstić information content (AvgIpc) is 2.05. The third-order valence-electron chi connectivity index (χ3n) is 1.71. The summed E-state index contributed by atoms with van der Waals surface area (Å²) in [5.41, 5.74) is 1.17. The van der Waals surface area contributed by atoms with Crippen molar-refractivity contribution in [2.45, 2.75) is 19.9 Å². The Hall–Kier alpha value is -1.11. The van der Waals surface area contributed by atoms with E-state index in [9.17, 15) is 0 Å². The van der Waals surface area contributed by atoms with Crippen LogP contribution in [-0.4, -0.2) is 17.3 Å². The second-order valence-corrected chi connectivity index (χ2v) is 2.90. The van der Waals surface area contributed by atoms with E-state index in [1.165, 1.54) is 5.69 Å². The normalized spacial score (nSPS) is 10.1. The Bertz CT molecular complexity index is 236.